The van der Waals surface area contributed by atoms with Crippen LogP contribution < -0.4 is 10.6 Å². The van der Waals surface area contributed by atoms with Crippen molar-refractivity contribution in [2.24, 2.45) is 0 Å². The molecule has 2 rings (SSSR count). The van der Waals surface area contributed by atoms with Gasteiger partial charge in [-0.15, -0.1) is 0 Å². The third kappa shape index (κ3) is 2.84. The van der Waals surface area contributed by atoms with Crippen LogP contribution in [-0.2, 0) is 0 Å². The number of nitriles is 1. The minimum Gasteiger partial charge on any atom is -0.372 e. The van der Waals surface area contributed by atoms with Crippen LogP contribution in [0.3, 0.4) is 0 Å². The summed E-state index contributed by atoms with van der Waals surface area (Å²) in [5.41, 5.74) is 1.04. The molecule has 94 valence electrons. The number of anilines is 2. The maximum absolute atomic E-state index is 11.9. The molecule has 0 bridgehead atoms. The van der Waals surface area contributed by atoms with Gasteiger partial charge in [0.15, 0.2) is 0 Å². The molecular formula is C13H11N5O. The predicted octanol–water partition coefficient (Wildman–Crippen LogP) is 1.64. The lowest BCUT2D eigenvalue weighted by Crippen LogP contribution is -2.15. The molecule has 1 aromatic heterocycles. The van der Waals surface area contributed by atoms with Crippen LogP contribution >= 0.6 is 0 Å². The Morgan fingerprint density at radius 2 is 2.05 bits per heavy atom. The molecule has 0 saturated heterocycles. The zero-order valence-corrected chi connectivity index (χ0v) is 10.2. The molecule has 2 aromatic rings. The van der Waals surface area contributed by atoms with E-state index in [2.05, 4.69) is 20.6 Å². The van der Waals surface area contributed by atoms with E-state index >= 15 is 0 Å². The van der Waals surface area contributed by atoms with E-state index in [0.29, 0.717) is 17.1 Å². The number of rotatable bonds is 3. The molecule has 0 fully saturated rings. The summed E-state index contributed by atoms with van der Waals surface area (Å²) in [6.07, 6.45) is 2.83. The second-order valence-corrected chi connectivity index (χ2v) is 3.65. The van der Waals surface area contributed by atoms with Gasteiger partial charge in [-0.2, -0.15) is 5.26 Å². The number of para-hydroxylation sites is 1. The molecular weight excluding hydrogens is 242 g/mol. The summed E-state index contributed by atoms with van der Waals surface area (Å²) in [4.78, 5) is 19.9. The monoisotopic (exact) mass is 253 g/mol. The molecule has 2 N–H and O–H groups in total. The average Bonchev–Trinajstić information content (AvgIpc) is 2.48. The van der Waals surface area contributed by atoms with Gasteiger partial charge >= 0.3 is 0 Å². The second kappa shape index (κ2) is 5.60. The molecule has 1 aromatic carbocycles. The average molecular weight is 253 g/mol. The van der Waals surface area contributed by atoms with Crippen LogP contribution in [0.15, 0.2) is 36.7 Å². The van der Waals surface area contributed by atoms with Crippen molar-refractivity contribution in [3.05, 3.63) is 47.9 Å². The molecule has 6 nitrogen and oxygen atoms in total. The highest BCUT2D eigenvalue weighted by atomic mass is 16.1. The summed E-state index contributed by atoms with van der Waals surface area (Å²) < 4.78 is 0. The number of carbonyl (C=O) groups excluding carboxylic acids is 1. The fourth-order valence-electron chi connectivity index (χ4n) is 1.45. The Morgan fingerprint density at radius 1 is 1.26 bits per heavy atom. The van der Waals surface area contributed by atoms with Crippen molar-refractivity contribution in [1.82, 2.24) is 9.97 Å². The van der Waals surface area contributed by atoms with Crippen molar-refractivity contribution in [2.75, 3.05) is 17.7 Å². The summed E-state index contributed by atoms with van der Waals surface area (Å²) >= 11 is 0. The number of hydrogen-bond acceptors (Lipinski definition) is 5. The van der Waals surface area contributed by atoms with E-state index in [9.17, 15) is 4.79 Å². The van der Waals surface area contributed by atoms with Gasteiger partial charge < -0.3 is 10.6 Å². The number of amides is 1. The van der Waals surface area contributed by atoms with Crippen molar-refractivity contribution >= 4 is 17.4 Å². The van der Waals surface area contributed by atoms with Gasteiger partial charge in [-0.1, -0.05) is 12.1 Å². The van der Waals surface area contributed by atoms with Crippen molar-refractivity contribution in [1.29, 1.82) is 5.26 Å². The Balaban J connectivity index is 2.18. The lowest BCUT2D eigenvalue weighted by Gasteiger charge is -2.06. The standard InChI is InChI=1S/C13H11N5O/c1-15-12-8-16-11(7-17-12)13(19)18-10-5-3-2-4-9(10)6-14/h2-5,7-8H,1H3,(H,15,17)(H,18,19). The lowest BCUT2D eigenvalue weighted by molar-refractivity contribution is 0.102. The maximum Gasteiger partial charge on any atom is 0.275 e. The number of hydrogen-bond donors (Lipinski definition) is 2. The topological polar surface area (TPSA) is 90.7 Å². The Labute approximate surface area is 110 Å². The van der Waals surface area contributed by atoms with E-state index < -0.39 is 5.91 Å². The largest absolute Gasteiger partial charge is 0.372 e. The first-order chi connectivity index (χ1) is 9.24. The Morgan fingerprint density at radius 3 is 2.68 bits per heavy atom. The minimum absolute atomic E-state index is 0.187. The number of benzene rings is 1. The molecule has 19 heavy (non-hydrogen) atoms. The molecule has 0 aliphatic heterocycles. The smallest absolute Gasteiger partial charge is 0.275 e. The number of nitrogens with one attached hydrogen (secondary N) is 2. The molecule has 0 atom stereocenters. The lowest BCUT2D eigenvalue weighted by atomic mass is 10.2. The molecule has 0 saturated carbocycles. The quantitative estimate of drug-likeness (QED) is 0.867. The minimum atomic E-state index is -0.405. The van der Waals surface area contributed by atoms with Gasteiger partial charge in [0, 0.05) is 7.05 Å². The third-order valence-electron chi connectivity index (χ3n) is 2.44. The third-order valence-corrected chi connectivity index (χ3v) is 2.44. The molecule has 6 heteroatoms. The van der Waals surface area contributed by atoms with E-state index in [1.54, 1.807) is 31.3 Å². The highest BCUT2D eigenvalue weighted by Crippen LogP contribution is 2.14. The molecule has 0 aliphatic rings. The van der Waals surface area contributed by atoms with Crippen LogP contribution in [-0.4, -0.2) is 22.9 Å². The van der Waals surface area contributed by atoms with Crippen LogP contribution in [0.4, 0.5) is 11.5 Å². The van der Waals surface area contributed by atoms with Gasteiger partial charge in [-0.05, 0) is 12.1 Å². The zero-order valence-electron chi connectivity index (χ0n) is 10.2. The summed E-state index contributed by atoms with van der Waals surface area (Å²) in [7, 11) is 1.72. The van der Waals surface area contributed by atoms with Crippen molar-refractivity contribution in [2.45, 2.75) is 0 Å². The molecule has 0 radical (unpaired) electrons. The molecule has 0 aliphatic carbocycles. The molecule has 0 unspecified atom stereocenters. The van der Waals surface area contributed by atoms with Crippen molar-refractivity contribution in [3.8, 4) is 6.07 Å². The highest BCUT2D eigenvalue weighted by Gasteiger charge is 2.10. The fraction of sp³-hybridized carbons (Fsp3) is 0.0769. The number of carbonyl (C=O) groups is 1. The fourth-order valence-corrected chi connectivity index (χ4v) is 1.45. The summed E-state index contributed by atoms with van der Waals surface area (Å²) in [5.74, 6) is 0.173. The zero-order chi connectivity index (χ0) is 13.7. The first-order valence-electron chi connectivity index (χ1n) is 5.55. The van der Waals surface area contributed by atoms with Gasteiger partial charge in [-0.3, -0.25) is 4.79 Å². The van der Waals surface area contributed by atoms with E-state index in [1.807, 2.05) is 6.07 Å². The maximum atomic E-state index is 11.9. The van der Waals surface area contributed by atoms with Gasteiger partial charge in [0.2, 0.25) is 0 Å². The van der Waals surface area contributed by atoms with Crippen molar-refractivity contribution in [3.63, 3.8) is 0 Å². The molecule has 1 amide bonds. The SMILES string of the molecule is CNc1cnc(C(=O)Nc2ccccc2C#N)cn1. The van der Waals surface area contributed by atoms with Gasteiger partial charge in [0.1, 0.15) is 17.6 Å². The summed E-state index contributed by atoms with van der Waals surface area (Å²) in [5, 5.41) is 14.4. The number of aromatic nitrogens is 2. The first kappa shape index (κ1) is 12.5. The van der Waals surface area contributed by atoms with Crippen LogP contribution in [0.25, 0.3) is 0 Å². The Bertz CT molecular complexity index is 630. The summed E-state index contributed by atoms with van der Waals surface area (Å²) in [6.45, 7) is 0. The number of nitrogens with zero attached hydrogens (tertiary/aromatic N) is 3. The normalized spacial score (nSPS) is 9.47. The van der Waals surface area contributed by atoms with Crippen molar-refractivity contribution < 1.29 is 4.79 Å². The molecule has 1 heterocycles. The van der Waals surface area contributed by atoms with Gasteiger partial charge in [0.05, 0.1) is 23.6 Å². The van der Waals surface area contributed by atoms with E-state index in [-0.39, 0.29) is 5.69 Å². The Kier molecular flexibility index (Phi) is 3.69. The van der Waals surface area contributed by atoms with Gasteiger partial charge in [-0.25, -0.2) is 9.97 Å². The van der Waals surface area contributed by atoms with Crippen LogP contribution in [0.1, 0.15) is 16.1 Å². The first-order valence-corrected chi connectivity index (χ1v) is 5.55. The van der Waals surface area contributed by atoms with E-state index in [0.717, 1.165) is 0 Å². The van der Waals surface area contributed by atoms with Crippen LogP contribution in [0, 0.1) is 11.3 Å². The molecule has 0 spiro atoms. The van der Waals surface area contributed by atoms with Crippen LogP contribution in [0.2, 0.25) is 0 Å². The predicted molar refractivity (Wildman–Crippen MR) is 70.7 cm³/mol. The second-order valence-electron chi connectivity index (χ2n) is 3.65. The summed E-state index contributed by atoms with van der Waals surface area (Å²) in [6, 6.07) is 8.77. The van der Waals surface area contributed by atoms with E-state index in [1.165, 1.54) is 12.4 Å². The highest BCUT2D eigenvalue weighted by molar-refractivity contribution is 6.03. The van der Waals surface area contributed by atoms with E-state index in [4.69, 9.17) is 5.26 Å². The van der Waals surface area contributed by atoms with Gasteiger partial charge in [0.25, 0.3) is 5.91 Å². The van der Waals surface area contributed by atoms with Crippen LogP contribution in [0.5, 0.6) is 0 Å². The Hall–Kier alpha value is -2.94.